The fraction of sp³-hybridized carbons (Fsp3) is 0.261. The number of rotatable bonds is 4. The van der Waals surface area contributed by atoms with E-state index in [0.717, 1.165) is 17.8 Å². The minimum absolute atomic E-state index is 0.0297. The van der Waals surface area contributed by atoms with E-state index in [4.69, 9.17) is 9.47 Å². The lowest BCUT2D eigenvalue weighted by atomic mass is 9.95. The Labute approximate surface area is 165 Å². The number of methoxy groups -OCH3 is 2. The average Bonchev–Trinajstić information content (AvgIpc) is 3.21. The zero-order valence-electron chi connectivity index (χ0n) is 16.4. The fourth-order valence-electron chi connectivity index (χ4n) is 3.92. The van der Waals surface area contributed by atoms with Crippen molar-refractivity contribution in [3.63, 3.8) is 0 Å². The first-order valence-corrected chi connectivity index (χ1v) is 9.37. The molecule has 28 heavy (non-hydrogen) atoms. The molecule has 1 aliphatic heterocycles. The Morgan fingerprint density at radius 3 is 2.36 bits per heavy atom. The molecule has 1 amide bonds. The van der Waals surface area contributed by atoms with Crippen LogP contribution in [0.5, 0.6) is 11.5 Å². The molecule has 3 aromatic rings. The third-order valence-electron chi connectivity index (χ3n) is 5.38. The average molecular weight is 376 g/mol. The van der Waals surface area contributed by atoms with Gasteiger partial charge in [0.05, 0.1) is 20.3 Å². The zero-order valence-corrected chi connectivity index (χ0v) is 16.4. The third-order valence-corrected chi connectivity index (χ3v) is 5.38. The maximum atomic E-state index is 13.6. The summed E-state index contributed by atoms with van der Waals surface area (Å²) >= 11 is 0. The van der Waals surface area contributed by atoms with Crippen molar-refractivity contribution in [3.05, 3.63) is 83.2 Å². The first-order valence-electron chi connectivity index (χ1n) is 9.37. The number of hydrogen-bond acceptors (Lipinski definition) is 3. The summed E-state index contributed by atoms with van der Waals surface area (Å²) < 4.78 is 12.9. The minimum atomic E-state index is -0.130. The van der Waals surface area contributed by atoms with Gasteiger partial charge in [0.1, 0.15) is 11.5 Å². The molecule has 0 spiro atoms. The second-order valence-electron chi connectivity index (χ2n) is 6.99. The van der Waals surface area contributed by atoms with Crippen molar-refractivity contribution < 1.29 is 14.3 Å². The van der Waals surface area contributed by atoms with Crippen LogP contribution in [0.25, 0.3) is 0 Å². The zero-order chi connectivity index (χ0) is 19.7. The van der Waals surface area contributed by atoms with Crippen LogP contribution < -0.4 is 9.47 Å². The third kappa shape index (κ3) is 3.13. The van der Waals surface area contributed by atoms with Gasteiger partial charge < -0.3 is 18.9 Å². The molecular weight excluding hydrogens is 352 g/mol. The maximum Gasteiger partial charge on any atom is 0.255 e. The standard InChI is InChI=1S/C23H24N2O3/c1-16-7-4-5-8-20(16)22-21-9-6-10-24(21)11-12-25(22)23(26)17-13-18(27-2)15-19(14-17)28-3/h4-10,13-15,22H,11-12H2,1-3H3. The van der Waals surface area contributed by atoms with Crippen LogP contribution in [-0.4, -0.2) is 36.1 Å². The number of carbonyl (C=O) groups excluding carboxylic acids is 1. The smallest absolute Gasteiger partial charge is 0.255 e. The Morgan fingerprint density at radius 1 is 0.964 bits per heavy atom. The minimum Gasteiger partial charge on any atom is -0.497 e. The lowest BCUT2D eigenvalue weighted by Crippen LogP contribution is -2.42. The Morgan fingerprint density at radius 2 is 1.68 bits per heavy atom. The van der Waals surface area contributed by atoms with Crippen LogP contribution in [0.4, 0.5) is 0 Å². The molecule has 0 bridgehead atoms. The van der Waals surface area contributed by atoms with Crippen LogP contribution in [-0.2, 0) is 6.54 Å². The Bertz CT molecular complexity index is 986. The summed E-state index contributed by atoms with van der Waals surface area (Å²) in [6, 6.07) is 17.6. The second kappa shape index (κ2) is 7.43. The van der Waals surface area contributed by atoms with Gasteiger partial charge in [0, 0.05) is 36.6 Å². The number of benzene rings is 2. The van der Waals surface area contributed by atoms with Crippen molar-refractivity contribution in [2.24, 2.45) is 0 Å². The fourth-order valence-corrected chi connectivity index (χ4v) is 3.92. The van der Waals surface area contributed by atoms with Crippen LogP contribution in [0.1, 0.15) is 33.2 Å². The SMILES string of the molecule is COc1cc(OC)cc(C(=O)N2CCn3cccc3C2c2ccccc2C)c1. The summed E-state index contributed by atoms with van der Waals surface area (Å²) in [6.45, 7) is 3.51. The Hall–Kier alpha value is -3.21. The van der Waals surface area contributed by atoms with Crippen molar-refractivity contribution in [1.29, 1.82) is 0 Å². The summed E-state index contributed by atoms with van der Waals surface area (Å²) in [6.07, 6.45) is 2.08. The van der Waals surface area contributed by atoms with E-state index in [1.54, 1.807) is 32.4 Å². The van der Waals surface area contributed by atoms with E-state index in [1.807, 2.05) is 23.1 Å². The Balaban J connectivity index is 1.80. The molecule has 1 unspecified atom stereocenters. The summed E-state index contributed by atoms with van der Waals surface area (Å²) in [5, 5.41) is 0. The number of hydrogen-bond donors (Lipinski definition) is 0. The molecule has 0 aliphatic carbocycles. The van der Waals surface area contributed by atoms with Crippen molar-refractivity contribution >= 4 is 5.91 Å². The lowest BCUT2D eigenvalue weighted by molar-refractivity contribution is 0.0663. The van der Waals surface area contributed by atoms with Crippen LogP contribution in [0, 0.1) is 6.92 Å². The number of ether oxygens (including phenoxy) is 2. The Kier molecular flexibility index (Phi) is 4.82. The first kappa shape index (κ1) is 18.2. The van der Waals surface area contributed by atoms with Gasteiger partial charge in [-0.05, 0) is 42.3 Å². The highest BCUT2D eigenvalue weighted by Crippen LogP contribution is 2.35. The maximum absolute atomic E-state index is 13.6. The largest absolute Gasteiger partial charge is 0.497 e. The summed E-state index contributed by atoms with van der Waals surface area (Å²) in [7, 11) is 3.18. The topological polar surface area (TPSA) is 43.7 Å². The van der Waals surface area contributed by atoms with Crippen LogP contribution in [0.15, 0.2) is 60.8 Å². The molecular formula is C23H24N2O3. The lowest BCUT2D eigenvalue weighted by Gasteiger charge is -2.38. The van der Waals surface area contributed by atoms with Gasteiger partial charge in [-0.1, -0.05) is 24.3 Å². The van der Waals surface area contributed by atoms with E-state index < -0.39 is 0 Å². The highest BCUT2D eigenvalue weighted by atomic mass is 16.5. The molecule has 0 saturated heterocycles. The quantitative estimate of drug-likeness (QED) is 0.690. The van der Waals surface area contributed by atoms with Crippen molar-refractivity contribution in [3.8, 4) is 11.5 Å². The predicted octanol–water partition coefficient (Wildman–Crippen LogP) is 4.06. The molecule has 4 rings (SSSR count). The molecule has 5 heteroatoms. The molecule has 5 nitrogen and oxygen atoms in total. The van der Waals surface area contributed by atoms with Gasteiger partial charge >= 0.3 is 0 Å². The number of aromatic nitrogens is 1. The second-order valence-corrected chi connectivity index (χ2v) is 6.99. The highest BCUT2D eigenvalue weighted by Gasteiger charge is 2.33. The molecule has 2 aromatic carbocycles. The summed E-state index contributed by atoms with van der Waals surface area (Å²) in [4.78, 5) is 15.5. The van der Waals surface area contributed by atoms with Gasteiger partial charge in [-0.15, -0.1) is 0 Å². The van der Waals surface area contributed by atoms with Crippen LogP contribution >= 0.6 is 0 Å². The van der Waals surface area contributed by atoms with Crippen LogP contribution in [0.3, 0.4) is 0 Å². The van der Waals surface area contributed by atoms with Gasteiger partial charge in [-0.2, -0.15) is 0 Å². The monoisotopic (exact) mass is 376 g/mol. The number of aryl methyl sites for hydroxylation is 1. The molecule has 2 heterocycles. The van der Waals surface area contributed by atoms with Crippen LogP contribution in [0.2, 0.25) is 0 Å². The summed E-state index contributed by atoms with van der Waals surface area (Å²) in [5.74, 6) is 1.18. The van der Waals surface area contributed by atoms with E-state index in [-0.39, 0.29) is 11.9 Å². The van der Waals surface area contributed by atoms with Gasteiger partial charge in [0.25, 0.3) is 5.91 Å². The van der Waals surface area contributed by atoms with Gasteiger partial charge in [-0.3, -0.25) is 4.79 Å². The van der Waals surface area contributed by atoms with Gasteiger partial charge in [-0.25, -0.2) is 0 Å². The van der Waals surface area contributed by atoms with E-state index in [0.29, 0.717) is 23.6 Å². The molecule has 0 fully saturated rings. The molecule has 1 atom stereocenters. The van der Waals surface area contributed by atoms with E-state index in [2.05, 4.69) is 35.9 Å². The number of carbonyl (C=O) groups is 1. The molecule has 0 saturated carbocycles. The van der Waals surface area contributed by atoms with Gasteiger partial charge in [0.15, 0.2) is 0 Å². The van der Waals surface area contributed by atoms with Crippen molar-refractivity contribution in [2.45, 2.75) is 19.5 Å². The highest BCUT2D eigenvalue weighted by molar-refractivity contribution is 5.95. The number of fused-ring (bicyclic) bond motifs is 1. The van der Waals surface area contributed by atoms with E-state index in [9.17, 15) is 4.79 Å². The van der Waals surface area contributed by atoms with E-state index >= 15 is 0 Å². The number of nitrogens with zero attached hydrogens (tertiary/aromatic N) is 2. The van der Waals surface area contributed by atoms with Crippen molar-refractivity contribution in [1.82, 2.24) is 9.47 Å². The molecule has 144 valence electrons. The molecule has 1 aromatic heterocycles. The summed E-state index contributed by atoms with van der Waals surface area (Å²) in [5.41, 5.74) is 4.01. The molecule has 0 radical (unpaired) electrons. The number of amides is 1. The predicted molar refractivity (Wildman–Crippen MR) is 108 cm³/mol. The molecule has 0 N–H and O–H groups in total. The van der Waals surface area contributed by atoms with E-state index in [1.165, 1.54) is 5.56 Å². The normalized spacial score (nSPS) is 15.8. The molecule has 1 aliphatic rings. The first-order chi connectivity index (χ1) is 13.6. The van der Waals surface area contributed by atoms with Gasteiger partial charge in [0.2, 0.25) is 0 Å². The van der Waals surface area contributed by atoms with Crippen molar-refractivity contribution in [2.75, 3.05) is 20.8 Å².